The molecule has 0 aromatic heterocycles. The van der Waals surface area contributed by atoms with Crippen LogP contribution in [0.3, 0.4) is 0 Å². The Labute approximate surface area is 69.8 Å². The van der Waals surface area contributed by atoms with Crippen molar-refractivity contribution in [1.29, 1.82) is 0 Å². The van der Waals surface area contributed by atoms with Gasteiger partial charge in [0, 0.05) is 0 Å². The van der Waals surface area contributed by atoms with Crippen molar-refractivity contribution in [2.75, 3.05) is 0 Å². The molecule has 66 valence electrons. The largest absolute Gasteiger partial charge is 0.393 e. The van der Waals surface area contributed by atoms with E-state index in [2.05, 4.69) is 20.8 Å². The van der Waals surface area contributed by atoms with Gasteiger partial charge in [-0.1, -0.05) is 27.2 Å². The molecule has 4 atom stereocenters. The molecule has 0 amide bonds. The molecule has 1 nitrogen and oxygen atoms in total. The zero-order valence-corrected chi connectivity index (χ0v) is 7.88. The lowest BCUT2D eigenvalue weighted by atomic mass is 9.95. The van der Waals surface area contributed by atoms with E-state index in [4.69, 9.17) is 0 Å². The SMILES string of the molecule is CCCC(C)C(O)C1CC1C. The van der Waals surface area contributed by atoms with Crippen molar-refractivity contribution >= 4 is 0 Å². The van der Waals surface area contributed by atoms with Gasteiger partial charge in [-0.2, -0.15) is 0 Å². The standard InChI is InChI=1S/C10H20O/c1-4-5-7(2)10(11)9-6-8(9)3/h7-11H,4-6H2,1-3H3. The lowest BCUT2D eigenvalue weighted by molar-refractivity contribution is 0.0857. The number of aliphatic hydroxyl groups is 1. The van der Waals surface area contributed by atoms with E-state index in [1.807, 2.05) is 0 Å². The number of hydrogen-bond acceptors (Lipinski definition) is 1. The zero-order valence-electron chi connectivity index (χ0n) is 7.88. The van der Waals surface area contributed by atoms with Crippen LogP contribution in [-0.4, -0.2) is 11.2 Å². The number of rotatable bonds is 4. The Bertz CT molecular complexity index is 122. The van der Waals surface area contributed by atoms with Gasteiger partial charge in [0.2, 0.25) is 0 Å². The van der Waals surface area contributed by atoms with E-state index < -0.39 is 0 Å². The molecule has 1 fully saturated rings. The first-order chi connectivity index (χ1) is 5.16. The molecular formula is C10H20O. The summed E-state index contributed by atoms with van der Waals surface area (Å²) in [7, 11) is 0. The summed E-state index contributed by atoms with van der Waals surface area (Å²) in [4.78, 5) is 0. The van der Waals surface area contributed by atoms with Crippen LogP contribution < -0.4 is 0 Å². The minimum Gasteiger partial charge on any atom is -0.393 e. The summed E-state index contributed by atoms with van der Waals surface area (Å²) in [6.45, 7) is 6.57. The van der Waals surface area contributed by atoms with Crippen LogP contribution in [0.15, 0.2) is 0 Å². The number of hydrogen-bond donors (Lipinski definition) is 1. The Morgan fingerprint density at radius 3 is 2.45 bits per heavy atom. The highest BCUT2D eigenvalue weighted by atomic mass is 16.3. The molecule has 1 rings (SSSR count). The summed E-state index contributed by atoms with van der Waals surface area (Å²) >= 11 is 0. The lowest BCUT2D eigenvalue weighted by Crippen LogP contribution is -2.20. The molecule has 11 heavy (non-hydrogen) atoms. The van der Waals surface area contributed by atoms with E-state index in [1.165, 1.54) is 19.3 Å². The predicted octanol–water partition coefficient (Wildman–Crippen LogP) is 2.44. The first-order valence-corrected chi connectivity index (χ1v) is 4.84. The highest BCUT2D eigenvalue weighted by molar-refractivity contribution is 4.90. The molecule has 0 saturated heterocycles. The summed E-state index contributed by atoms with van der Waals surface area (Å²) in [5.41, 5.74) is 0. The number of aliphatic hydroxyl groups excluding tert-OH is 1. The van der Waals surface area contributed by atoms with Gasteiger partial charge in [0.25, 0.3) is 0 Å². The third-order valence-electron chi connectivity index (χ3n) is 2.94. The van der Waals surface area contributed by atoms with Crippen molar-refractivity contribution in [2.24, 2.45) is 17.8 Å². The van der Waals surface area contributed by atoms with Crippen LogP contribution in [0, 0.1) is 17.8 Å². The van der Waals surface area contributed by atoms with Crippen molar-refractivity contribution in [3.63, 3.8) is 0 Å². The summed E-state index contributed by atoms with van der Waals surface area (Å²) in [5, 5.41) is 9.76. The molecule has 4 unspecified atom stereocenters. The smallest absolute Gasteiger partial charge is 0.0596 e. The highest BCUT2D eigenvalue weighted by Crippen LogP contribution is 2.43. The van der Waals surface area contributed by atoms with Gasteiger partial charge in [-0.15, -0.1) is 0 Å². The van der Waals surface area contributed by atoms with Crippen molar-refractivity contribution < 1.29 is 5.11 Å². The van der Waals surface area contributed by atoms with Gasteiger partial charge in [-0.25, -0.2) is 0 Å². The topological polar surface area (TPSA) is 20.2 Å². The van der Waals surface area contributed by atoms with Crippen molar-refractivity contribution in [3.8, 4) is 0 Å². The molecule has 1 aliphatic carbocycles. The quantitative estimate of drug-likeness (QED) is 0.663. The Morgan fingerprint density at radius 2 is 2.09 bits per heavy atom. The first-order valence-electron chi connectivity index (χ1n) is 4.84. The molecule has 0 bridgehead atoms. The van der Waals surface area contributed by atoms with Gasteiger partial charge >= 0.3 is 0 Å². The van der Waals surface area contributed by atoms with Crippen LogP contribution in [0.4, 0.5) is 0 Å². The third kappa shape index (κ3) is 2.19. The second kappa shape index (κ2) is 3.57. The van der Waals surface area contributed by atoms with E-state index in [0.717, 1.165) is 5.92 Å². The monoisotopic (exact) mass is 156 g/mol. The summed E-state index contributed by atoms with van der Waals surface area (Å²) in [6.07, 6.45) is 3.59. The maximum absolute atomic E-state index is 9.76. The van der Waals surface area contributed by atoms with Gasteiger partial charge in [0.15, 0.2) is 0 Å². The zero-order chi connectivity index (χ0) is 8.43. The molecule has 1 aliphatic rings. The third-order valence-corrected chi connectivity index (χ3v) is 2.94. The van der Waals surface area contributed by atoms with E-state index in [9.17, 15) is 5.11 Å². The van der Waals surface area contributed by atoms with Crippen LogP contribution in [0.25, 0.3) is 0 Å². The molecular weight excluding hydrogens is 136 g/mol. The maximum atomic E-state index is 9.76. The molecule has 0 aromatic carbocycles. The van der Waals surface area contributed by atoms with Gasteiger partial charge in [-0.3, -0.25) is 0 Å². The van der Waals surface area contributed by atoms with E-state index in [-0.39, 0.29) is 6.10 Å². The summed E-state index contributed by atoms with van der Waals surface area (Å²) < 4.78 is 0. The fraction of sp³-hybridized carbons (Fsp3) is 1.00. The Hall–Kier alpha value is -0.0400. The van der Waals surface area contributed by atoms with Crippen molar-refractivity contribution in [2.45, 2.75) is 46.1 Å². The minimum absolute atomic E-state index is 0.0232. The van der Waals surface area contributed by atoms with E-state index in [0.29, 0.717) is 11.8 Å². The minimum atomic E-state index is -0.0232. The highest BCUT2D eigenvalue weighted by Gasteiger charge is 2.40. The van der Waals surface area contributed by atoms with Crippen LogP contribution in [0.1, 0.15) is 40.0 Å². The average molecular weight is 156 g/mol. The molecule has 0 heterocycles. The van der Waals surface area contributed by atoms with Crippen LogP contribution in [-0.2, 0) is 0 Å². The fourth-order valence-corrected chi connectivity index (χ4v) is 1.87. The summed E-state index contributed by atoms with van der Waals surface area (Å²) in [5.74, 6) is 1.91. The predicted molar refractivity (Wildman–Crippen MR) is 47.3 cm³/mol. The van der Waals surface area contributed by atoms with Crippen LogP contribution in [0.5, 0.6) is 0 Å². The second-order valence-corrected chi connectivity index (χ2v) is 4.13. The average Bonchev–Trinajstić information content (AvgIpc) is 2.66. The Morgan fingerprint density at radius 1 is 1.55 bits per heavy atom. The lowest BCUT2D eigenvalue weighted by Gasteiger charge is -2.17. The second-order valence-electron chi connectivity index (χ2n) is 4.13. The molecule has 1 N–H and O–H groups in total. The van der Waals surface area contributed by atoms with Gasteiger partial charge in [-0.05, 0) is 30.6 Å². The van der Waals surface area contributed by atoms with Crippen molar-refractivity contribution in [1.82, 2.24) is 0 Å². The normalized spacial score (nSPS) is 34.9. The van der Waals surface area contributed by atoms with Gasteiger partial charge in [0.1, 0.15) is 0 Å². The molecule has 1 heteroatoms. The molecule has 0 spiro atoms. The van der Waals surface area contributed by atoms with Crippen molar-refractivity contribution in [3.05, 3.63) is 0 Å². The summed E-state index contributed by atoms with van der Waals surface area (Å²) in [6, 6.07) is 0. The van der Waals surface area contributed by atoms with E-state index >= 15 is 0 Å². The van der Waals surface area contributed by atoms with Crippen LogP contribution >= 0.6 is 0 Å². The van der Waals surface area contributed by atoms with Crippen LogP contribution in [0.2, 0.25) is 0 Å². The van der Waals surface area contributed by atoms with Gasteiger partial charge < -0.3 is 5.11 Å². The molecule has 1 saturated carbocycles. The maximum Gasteiger partial charge on any atom is 0.0596 e. The Balaban J connectivity index is 2.23. The van der Waals surface area contributed by atoms with E-state index in [1.54, 1.807) is 0 Å². The Kier molecular flexibility index (Phi) is 2.94. The molecule has 0 aliphatic heterocycles. The fourth-order valence-electron chi connectivity index (χ4n) is 1.87. The van der Waals surface area contributed by atoms with Gasteiger partial charge in [0.05, 0.1) is 6.10 Å². The molecule has 0 aromatic rings. The first kappa shape index (κ1) is 9.05. The molecule has 0 radical (unpaired) electrons.